The van der Waals surface area contributed by atoms with Gasteiger partial charge in [0.2, 0.25) is 0 Å². The van der Waals surface area contributed by atoms with Crippen LogP contribution in [0.2, 0.25) is 0 Å². The van der Waals surface area contributed by atoms with E-state index in [2.05, 4.69) is 58.9 Å². The van der Waals surface area contributed by atoms with E-state index in [1.54, 1.807) is 0 Å². The van der Waals surface area contributed by atoms with Crippen LogP contribution in [0.15, 0.2) is 24.3 Å². The van der Waals surface area contributed by atoms with Crippen LogP contribution in [-0.4, -0.2) is 96.7 Å². The van der Waals surface area contributed by atoms with Crippen molar-refractivity contribution in [2.75, 3.05) is 39.6 Å². The van der Waals surface area contributed by atoms with Crippen molar-refractivity contribution in [1.82, 2.24) is 0 Å². The molecule has 0 aliphatic carbocycles. The molecule has 0 amide bonds. The fourth-order valence-electron chi connectivity index (χ4n) is 11.9. The van der Waals surface area contributed by atoms with Gasteiger partial charge in [0.1, 0.15) is 19.3 Å². The normalized spacial score (nSPS) is 14.0. The number of carbonyl (C=O) groups is 4. The number of allylic oxidation sites excluding steroid dienone is 4. The highest BCUT2D eigenvalue weighted by Crippen LogP contribution is 2.45. The number of carbonyl (C=O) groups excluding carboxylic acids is 4. The van der Waals surface area contributed by atoms with Gasteiger partial charge in [0.15, 0.2) is 12.2 Å². The molecule has 0 spiro atoms. The Morgan fingerprint density at radius 1 is 0.313 bits per heavy atom. The van der Waals surface area contributed by atoms with Crippen LogP contribution < -0.4 is 0 Å². The molecule has 5 atom stereocenters. The molecule has 0 radical (unpaired) electrons. The van der Waals surface area contributed by atoms with Crippen molar-refractivity contribution in [3.8, 4) is 0 Å². The summed E-state index contributed by atoms with van der Waals surface area (Å²) in [4.78, 5) is 72.9. The molecule has 0 aliphatic heterocycles. The number of unbranched alkanes of at least 4 members (excludes halogenated alkanes) is 47. The number of ether oxygens (including phenoxy) is 4. The number of esters is 4. The third-order valence-corrected chi connectivity index (χ3v) is 20.1. The van der Waals surface area contributed by atoms with E-state index in [1.807, 2.05) is 0 Å². The molecule has 17 nitrogen and oxygen atoms in total. The molecule has 584 valence electrons. The monoisotopic (exact) mass is 1450 g/mol. The van der Waals surface area contributed by atoms with Gasteiger partial charge in [-0.2, -0.15) is 0 Å². The summed E-state index contributed by atoms with van der Waals surface area (Å²) in [7, 11) is -9.93. The van der Waals surface area contributed by atoms with E-state index in [1.165, 1.54) is 212 Å². The van der Waals surface area contributed by atoms with Crippen LogP contribution in [0.3, 0.4) is 0 Å². The van der Waals surface area contributed by atoms with Crippen molar-refractivity contribution in [1.29, 1.82) is 0 Å². The molecule has 0 aromatic rings. The van der Waals surface area contributed by atoms with Gasteiger partial charge in [0.25, 0.3) is 0 Å². The minimum absolute atomic E-state index is 0.0854. The lowest BCUT2D eigenvalue weighted by molar-refractivity contribution is -0.161. The maximum atomic E-state index is 13.1. The highest BCUT2D eigenvalue weighted by Gasteiger charge is 2.30. The first-order valence-corrected chi connectivity index (χ1v) is 43.9. The maximum absolute atomic E-state index is 13.1. The van der Waals surface area contributed by atoms with Crippen LogP contribution in [0.4, 0.5) is 0 Å². The highest BCUT2D eigenvalue weighted by atomic mass is 31.2. The fourth-order valence-corrected chi connectivity index (χ4v) is 13.4. The average molecular weight is 1450 g/mol. The minimum atomic E-state index is -4.96. The Bertz CT molecular complexity index is 1990. The zero-order valence-corrected chi connectivity index (χ0v) is 65.9. The molecular formula is C80H152O17P2. The van der Waals surface area contributed by atoms with Crippen LogP contribution >= 0.6 is 15.6 Å². The summed E-state index contributed by atoms with van der Waals surface area (Å²) in [5.41, 5.74) is 0. The van der Waals surface area contributed by atoms with Gasteiger partial charge in [-0.15, -0.1) is 0 Å². The van der Waals surface area contributed by atoms with E-state index in [9.17, 15) is 43.2 Å². The Kier molecular flexibility index (Phi) is 70.7. The summed E-state index contributed by atoms with van der Waals surface area (Å²) >= 11 is 0. The van der Waals surface area contributed by atoms with E-state index in [0.717, 1.165) is 109 Å². The molecule has 0 saturated carbocycles. The number of aliphatic hydroxyl groups excluding tert-OH is 1. The van der Waals surface area contributed by atoms with Gasteiger partial charge in [-0.25, -0.2) is 9.13 Å². The third-order valence-electron chi connectivity index (χ3n) is 18.2. The number of rotatable bonds is 78. The molecule has 0 rings (SSSR count). The Morgan fingerprint density at radius 2 is 0.545 bits per heavy atom. The summed E-state index contributed by atoms with van der Waals surface area (Å²) in [6, 6.07) is 0. The van der Waals surface area contributed by atoms with Crippen molar-refractivity contribution >= 4 is 39.5 Å². The first kappa shape index (κ1) is 96.5. The molecule has 2 unspecified atom stereocenters. The zero-order valence-electron chi connectivity index (χ0n) is 64.1. The predicted octanol–water partition coefficient (Wildman–Crippen LogP) is 23.6. The van der Waals surface area contributed by atoms with Crippen molar-refractivity contribution < 1.29 is 80.2 Å². The molecule has 19 heteroatoms. The summed E-state index contributed by atoms with van der Waals surface area (Å²) in [5, 5.41) is 10.6. The van der Waals surface area contributed by atoms with Crippen LogP contribution in [0.5, 0.6) is 0 Å². The topological polar surface area (TPSA) is 237 Å². The Morgan fingerprint density at radius 3 is 0.828 bits per heavy atom. The number of aliphatic hydroxyl groups is 1. The number of hydrogen-bond acceptors (Lipinski definition) is 15. The molecule has 0 aromatic carbocycles. The SMILES string of the molecule is CCCCCC/C=C\C=C/CCCCCCCC(=O)O[C@H](COC(=O)CCCCCCCCCCC)COP(=O)(O)OC[C@H](O)COP(=O)(O)OC[C@@H](COC(=O)CCCCCCCCCCCCCCCCCC)OC(=O)CCCCCCCCCCCCCCCCCCC(C)C. The first-order chi connectivity index (χ1) is 48.0. The van der Waals surface area contributed by atoms with E-state index >= 15 is 0 Å². The molecule has 0 fully saturated rings. The van der Waals surface area contributed by atoms with Gasteiger partial charge in [-0.1, -0.05) is 348 Å². The fraction of sp³-hybridized carbons (Fsp3) is 0.900. The van der Waals surface area contributed by atoms with E-state index < -0.39 is 97.5 Å². The number of phosphoric acid groups is 2. The lowest BCUT2D eigenvalue weighted by Crippen LogP contribution is -2.30. The summed E-state index contributed by atoms with van der Waals surface area (Å²) < 4.78 is 68.6. The van der Waals surface area contributed by atoms with Crippen LogP contribution in [0.25, 0.3) is 0 Å². The quantitative estimate of drug-likeness (QED) is 0.0169. The molecule has 0 aliphatic rings. The van der Waals surface area contributed by atoms with Gasteiger partial charge in [0, 0.05) is 25.7 Å². The predicted molar refractivity (Wildman–Crippen MR) is 404 cm³/mol. The zero-order chi connectivity index (χ0) is 72.7. The Balaban J connectivity index is 5.25. The van der Waals surface area contributed by atoms with Crippen LogP contribution in [0.1, 0.15) is 401 Å². The number of phosphoric ester groups is 2. The van der Waals surface area contributed by atoms with Gasteiger partial charge >= 0.3 is 39.5 Å². The average Bonchev–Trinajstić information content (AvgIpc) is 1.10. The van der Waals surface area contributed by atoms with E-state index in [-0.39, 0.29) is 25.7 Å². The Labute approximate surface area is 605 Å². The third kappa shape index (κ3) is 73.6. The largest absolute Gasteiger partial charge is 0.472 e. The molecule has 3 N–H and O–H groups in total. The molecule has 0 heterocycles. The van der Waals surface area contributed by atoms with Crippen molar-refractivity contribution in [2.45, 2.75) is 419 Å². The maximum Gasteiger partial charge on any atom is 0.472 e. The van der Waals surface area contributed by atoms with Crippen LogP contribution in [-0.2, 0) is 65.4 Å². The van der Waals surface area contributed by atoms with Crippen molar-refractivity contribution in [3.05, 3.63) is 24.3 Å². The highest BCUT2D eigenvalue weighted by molar-refractivity contribution is 7.47. The van der Waals surface area contributed by atoms with Gasteiger partial charge in [-0.3, -0.25) is 37.3 Å². The molecular weight excluding hydrogens is 1290 g/mol. The lowest BCUT2D eigenvalue weighted by atomic mass is 10.0. The summed E-state index contributed by atoms with van der Waals surface area (Å²) in [5.74, 6) is -1.33. The molecule has 99 heavy (non-hydrogen) atoms. The second kappa shape index (κ2) is 72.5. The van der Waals surface area contributed by atoms with Gasteiger partial charge < -0.3 is 33.8 Å². The molecule has 0 saturated heterocycles. The van der Waals surface area contributed by atoms with Crippen LogP contribution in [0, 0.1) is 5.92 Å². The Hall–Kier alpha value is -2.46. The smallest absolute Gasteiger partial charge is 0.462 e. The van der Waals surface area contributed by atoms with Crippen molar-refractivity contribution in [2.24, 2.45) is 5.92 Å². The second-order valence-electron chi connectivity index (χ2n) is 28.6. The molecule has 0 bridgehead atoms. The van der Waals surface area contributed by atoms with Gasteiger partial charge in [0.05, 0.1) is 26.4 Å². The summed E-state index contributed by atoms with van der Waals surface area (Å²) in [6.45, 7) is 7.27. The van der Waals surface area contributed by atoms with Crippen molar-refractivity contribution in [3.63, 3.8) is 0 Å². The molecule has 0 aromatic heterocycles. The number of hydrogen-bond donors (Lipinski definition) is 3. The summed E-state index contributed by atoms with van der Waals surface area (Å²) in [6.07, 6.45) is 66.0. The lowest BCUT2D eigenvalue weighted by Gasteiger charge is -2.21. The second-order valence-corrected chi connectivity index (χ2v) is 31.5. The minimum Gasteiger partial charge on any atom is -0.462 e. The van der Waals surface area contributed by atoms with Gasteiger partial charge in [-0.05, 0) is 57.3 Å². The first-order valence-electron chi connectivity index (χ1n) is 41.0. The standard InChI is InChI=1S/C80H152O17P2/c1-6-9-12-15-18-21-23-25-27-32-35-39-44-49-54-59-64-78(83)91-70-76(97-80(85)66-61-56-51-46-41-37-33-29-28-31-34-38-43-47-52-57-62-73(4)5)72-95-99(88,89)93-68-74(81)67-92-98(86,87)94-71-75(69-90-77(82)63-58-53-48-42-20-17-14-11-8-3)96-79(84)65-60-55-50-45-40-36-30-26-24-22-19-16-13-10-7-2/h22,24,26,30,73-76,81H,6-21,23,25,27-29,31-72H2,1-5H3,(H,86,87)(H,88,89)/b24-22-,30-26-/t74-,75+,76+/m0/s1. The van der Waals surface area contributed by atoms with E-state index in [4.69, 9.17) is 37.0 Å². The van der Waals surface area contributed by atoms with E-state index in [0.29, 0.717) is 25.7 Å².